The summed E-state index contributed by atoms with van der Waals surface area (Å²) in [4.78, 5) is 0. The van der Waals surface area contributed by atoms with Crippen molar-refractivity contribution in [3.63, 3.8) is 0 Å². The number of nitrogens with two attached hydrogens (primary N) is 1. The summed E-state index contributed by atoms with van der Waals surface area (Å²) in [7, 11) is 0. The summed E-state index contributed by atoms with van der Waals surface area (Å²) in [6.45, 7) is 8.31. The van der Waals surface area contributed by atoms with Crippen LogP contribution in [0.2, 0.25) is 0 Å². The molecular formula is C11H16ClN. The fraction of sp³-hybridized carbons (Fsp3) is 0.455. The Kier molecular flexibility index (Phi) is 2.99. The van der Waals surface area contributed by atoms with Crippen molar-refractivity contribution in [2.45, 2.75) is 33.2 Å². The van der Waals surface area contributed by atoms with Crippen LogP contribution in [0.5, 0.6) is 0 Å². The topological polar surface area (TPSA) is 26.0 Å². The van der Waals surface area contributed by atoms with E-state index in [0.29, 0.717) is 0 Å². The van der Waals surface area contributed by atoms with Crippen LogP contribution in [-0.2, 0) is 0 Å². The average Bonchev–Trinajstić information content (AvgIpc) is 2.01. The SMILES string of the molecule is Cc1cc(C)c(C)c(C(N)Cl)c1C. The van der Waals surface area contributed by atoms with Gasteiger partial charge < -0.3 is 5.73 Å². The number of hydrogen-bond acceptors (Lipinski definition) is 1. The van der Waals surface area contributed by atoms with E-state index in [-0.39, 0.29) is 0 Å². The summed E-state index contributed by atoms with van der Waals surface area (Å²) in [6.07, 6.45) is 0. The third kappa shape index (κ3) is 1.87. The Balaban J connectivity index is 3.46. The van der Waals surface area contributed by atoms with Crippen LogP contribution in [-0.4, -0.2) is 0 Å². The third-order valence-corrected chi connectivity index (χ3v) is 2.92. The number of hydrogen-bond donors (Lipinski definition) is 1. The first-order chi connectivity index (χ1) is 5.95. The fourth-order valence-electron chi connectivity index (χ4n) is 1.66. The van der Waals surface area contributed by atoms with Gasteiger partial charge in [0.15, 0.2) is 0 Å². The van der Waals surface area contributed by atoms with Gasteiger partial charge in [0.1, 0.15) is 5.50 Å². The van der Waals surface area contributed by atoms with Crippen molar-refractivity contribution in [2.75, 3.05) is 0 Å². The highest BCUT2D eigenvalue weighted by Crippen LogP contribution is 2.27. The summed E-state index contributed by atoms with van der Waals surface area (Å²) >= 11 is 5.94. The number of benzene rings is 1. The van der Waals surface area contributed by atoms with Crippen LogP contribution in [0.1, 0.15) is 33.3 Å². The minimum Gasteiger partial charge on any atom is -0.312 e. The van der Waals surface area contributed by atoms with E-state index >= 15 is 0 Å². The highest BCUT2D eigenvalue weighted by molar-refractivity contribution is 6.20. The molecule has 0 bridgehead atoms. The molecule has 1 rings (SSSR count). The van der Waals surface area contributed by atoms with Crippen LogP contribution in [0, 0.1) is 27.7 Å². The summed E-state index contributed by atoms with van der Waals surface area (Å²) in [6, 6.07) is 2.17. The van der Waals surface area contributed by atoms with Gasteiger partial charge in [-0.25, -0.2) is 0 Å². The van der Waals surface area contributed by atoms with E-state index in [1.165, 1.54) is 22.3 Å². The van der Waals surface area contributed by atoms with Gasteiger partial charge in [-0.15, -0.1) is 11.6 Å². The lowest BCUT2D eigenvalue weighted by Gasteiger charge is -2.16. The molecule has 0 radical (unpaired) electrons. The Labute approximate surface area is 84.9 Å². The van der Waals surface area contributed by atoms with E-state index in [4.69, 9.17) is 17.3 Å². The zero-order valence-electron chi connectivity index (χ0n) is 8.61. The van der Waals surface area contributed by atoms with Gasteiger partial charge >= 0.3 is 0 Å². The molecule has 0 aliphatic heterocycles. The smallest absolute Gasteiger partial charge is 0.106 e. The van der Waals surface area contributed by atoms with Gasteiger partial charge in [-0.05, 0) is 55.5 Å². The molecule has 0 spiro atoms. The quantitative estimate of drug-likeness (QED) is 0.544. The van der Waals surface area contributed by atoms with Gasteiger partial charge in [-0.2, -0.15) is 0 Å². The Morgan fingerprint density at radius 1 is 1.08 bits per heavy atom. The second kappa shape index (κ2) is 3.69. The predicted molar refractivity (Wildman–Crippen MR) is 58.2 cm³/mol. The Morgan fingerprint density at radius 3 is 1.77 bits per heavy atom. The molecule has 0 aliphatic carbocycles. The number of rotatable bonds is 1. The fourth-order valence-corrected chi connectivity index (χ4v) is 1.99. The normalized spacial score (nSPS) is 13.1. The van der Waals surface area contributed by atoms with Crippen molar-refractivity contribution in [1.29, 1.82) is 0 Å². The molecule has 2 heteroatoms. The van der Waals surface area contributed by atoms with Gasteiger partial charge in [-0.1, -0.05) is 6.07 Å². The van der Waals surface area contributed by atoms with Crippen LogP contribution in [0.15, 0.2) is 6.07 Å². The van der Waals surface area contributed by atoms with Crippen molar-refractivity contribution >= 4 is 11.6 Å². The van der Waals surface area contributed by atoms with Gasteiger partial charge in [0, 0.05) is 0 Å². The van der Waals surface area contributed by atoms with Crippen LogP contribution in [0.3, 0.4) is 0 Å². The molecule has 13 heavy (non-hydrogen) atoms. The van der Waals surface area contributed by atoms with Crippen LogP contribution >= 0.6 is 11.6 Å². The third-order valence-electron chi connectivity index (χ3n) is 2.70. The van der Waals surface area contributed by atoms with E-state index in [2.05, 4.69) is 33.8 Å². The highest BCUT2D eigenvalue weighted by atomic mass is 35.5. The molecule has 1 atom stereocenters. The van der Waals surface area contributed by atoms with Crippen molar-refractivity contribution in [3.8, 4) is 0 Å². The first kappa shape index (κ1) is 10.6. The summed E-state index contributed by atoms with van der Waals surface area (Å²) in [5.41, 5.74) is 11.4. The van der Waals surface area contributed by atoms with E-state index in [0.717, 1.165) is 5.56 Å². The summed E-state index contributed by atoms with van der Waals surface area (Å²) in [5.74, 6) is 0. The van der Waals surface area contributed by atoms with E-state index in [1.54, 1.807) is 0 Å². The molecule has 0 amide bonds. The van der Waals surface area contributed by atoms with Crippen molar-refractivity contribution < 1.29 is 0 Å². The van der Waals surface area contributed by atoms with Gasteiger partial charge in [-0.3, -0.25) is 0 Å². The molecule has 0 fully saturated rings. The minimum atomic E-state index is -0.390. The second-order valence-electron chi connectivity index (χ2n) is 3.58. The molecular weight excluding hydrogens is 182 g/mol. The van der Waals surface area contributed by atoms with Crippen LogP contribution in [0.25, 0.3) is 0 Å². The maximum absolute atomic E-state index is 5.94. The first-order valence-electron chi connectivity index (χ1n) is 4.42. The molecule has 0 saturated carbocycles. The van der Waals surface area contributed by atoms with Gasteiger partial charge in [0.2, 0.25) is 0 Å². The van der Waals surface area contributed by atoms with Crippen LogP contribution < -0.4 is 5.73 Å². The maximum atomic E-state index is 5.94. The van der Waals surface area contributed by atoms with Crippen molar-refractivity contribution in [3.05, 3.63) is 33.9 Å². The zero-order chi connectivity index (χ0) is 10.2. The molecule has 1 nitrogen and oxygen atoms in total. The van der Waals surface area contributed by atoms with E-state index in [1.807, 2.05) is 0 Å². The monoisotopic (exact) mass is 197 g/mol. The number of halogens is 1. The molecule has 0 saturated heterocycles. The van der Waals surface area contributed by atoms with Crippen molar-refractivity contribution in [1.82, 2.24) is 0 Å². The average molecular weight is 198 g/mol. The highest BCUT2D eigenvalue weighted by Gasteiger charge is 2.12. The summed E-state index contributed by atoms with van der Waals surface area (Å²) < 4.78 is 0. The van der Waals surface area contributed by atoms with E-state index in [9.17, 15) is 0 Å². The number of aryl methyl sites for hydroxylation is 2. The molecule has 2 N–H and O–H groups in total. The molecule has 1 aromatic rings. The molecule has 1 aromatic carbocycles. The van der Waals surface area contributed by atoms with Gasteiger partial charge in [0.05, 0.1) is 0 Å². The second-order valence-corrected chi connectivity index (χ2v) is 4.05. The largest absolute Gasteiger partial charge is 0.312 e. The van der Waals surface area contributed by atoms with Gasteiger partial charge in [0.25, 0.3) is 0 Å². The minimum absolute atomic E-state index is 0.390. The lowest BCUT2D eigenvalue weighted by molar-refractivity contribution is 0.968. The Bertz CT molecular complexity index is 303. The van der Waals surface area contributed by atoms with Crippen LogP contribution in [0.4, 0.5) is 0 Å². The summed E-state index contributed by atoms with van der Waals surface area (Å²) in [5, 5.41) is 0. The predicted octanol–water partition coefficient (Wildman–Crippen LogP) is 3.12. The molecule has 0 aromatic heterocycles. The number of alkyl halides is 1. The standard InChI is InChI=1S/C11H16ClN/c1-6-5-7(2)9(4)10(8(6)3)11(12)13/h5,11H,13H2,1-4H3. The van der Waals surface area contributed by atoms with Crippen molar-refractivity contribution in [2.24, 2.45) is 5.73 Å². The molecule has 0 heterocycles. The van der Waals surface area contributed by atoms with E-state index < -0.39 is 5.50 Å². The molecule has 72 valence electrons. The molecule has 1 unspecified atom stereocenters. The molecule has 0 aliphatic rings. The lowest BCUT2D eigenvalue weighted by Crippen LogP contribution is -2.08. The zero-order valence-corrected chi connectivity index (χ0v) is 9.37. The Hall–Kier alpha value is -0.530. The first-order valence-corrected chi connectivity index (χ1v) is 4.85. The lowest BCUT2D eigenvalue weighted by atomic mass is 9.94. The maximum Gasteiger partial charge on any atom is 0.106 e. The Morgan fingerprint density at radius 2 is 1.46 bits per heavy atom.